The SMILES string of the molecule is CCCS(=O)(=O)c1ccccc1NCCCOCC. The van der Waals surface area contributed by atoms with Gasteiger partial charge in [-0.1, -0.05) is 19.1 Å². The minimum absolute atomic E-state index is 0.185. The lowest BCUT2D eigenvalue weighted by Crippen LogP contribution is -2.12. The number of benzene rings is 1. The minimum atomic E-state index is -3.18. The third-order valence-corrected chi connectivity index (χ3v) is 4.65. The fourth-order valence-electron chi connectivity index (χ4n) is 1.80. The fourth-order valence-corrected chi connectivity index (χ4v) is 3.32. The minimum Gasteiger partial charge on any atom is -0.384 e. The molecule has 0 heterocycles. The number of rotatable bonds is 9. The van der Waals surface area contributed by atoms with Crippen molar-refractivity contribution in [3.63, 3.8) is 0 Å². The Morgan fingerprint density at radius 1 is 1.21 bits per heavy atom. The van der Waals surface area contributed by atoms with Gasteiger partial charge < -0.3 is 10.1 Å². The van der Waals surface area contributed by atoms with E-state index in [1.165, 1.54) is 0 Å². The van der Waals surface area contributed by atoms with Crippen LogP contribution in [0.15, 0.2) is 29.2 Å². The second kappa shape index (κ2) is 8.17. The second-order valence-electron chi connectivity index (χ2n) is 4.29. The van der Waals surface area contributed by atoms with E-state index in [-0.39, 0.29) is 5.75 Å². The molecule has 4 nitrogen and oxygen atoms in total. The fraction of sp³-hybridized carbons (Fsp3) is 0.571. The van der Waals surface area contributed by atoms with Crippen molar-refractivity contribution < 1.29 is 13.2 Å². The van der Waals surface area contributed by atoms with Gasteiger partial charge in [0.1, 0.15) is 0 Å². The predicted octanol–water partition coefficient (Wildman–Crippen LogP) is 2.71. The molecule has 0 amide bonds. The van der Waals surface area contributed by atoms with Gasteiger partial charge in [-0.25, -0.2) is 8.42 Å². The average molecular weight is 285 g/mol. The van der Waals surface area contributed by atoms with Crippen molar-refractivity contribution in [1.82, 2.24) is 0 Å². The van der Waals surface area contributed by atoms with E-state index in [9.17, 15) is 8.42 Å². The molecule has 108 valence electrons. The summed E-state index contributed by atoms with van der Waals surface area (Å²) in [5.74, 6) is 0.185. The lowest BCUT2D eigenvalue weighted by atomic mass is 10.3. The largest absolute Gasteiger partial charge is 0.384 e. The number of ether oxygens (including phenoxy) is 1. The van der Waals surface area contributed by atoms with Gasteiger partial charge in [-0.2, -0.15) is 0 Å². The number of hydrogen-bond acceptors (Lipinski definition) is 4. The third-order valence-electron chi connectivity index (χ3n) is 2.68. The van der Waals surface area contributed by atoms with E-state index in [0.29, 0.717) is 36.8 Å². The van der Waals surface area contributed by atoms with Crippen LogP contribution in [0.25, 0.3) is 0 Å². The summed E-state index contributed by atoms with van der Waals surface area (Å²) in [7, 11) is -3.18. The van der Waals surface area contributed by atoms with Crippen molar-refractivity contribution >= 4 is 15.5 Å². The standard InChI is InChI=1S/C14H23NO3S/c1-3-12-19(16,17)14-9-6-5-8-13(14)15-10-7-11-18-4-2/h5-6,8-9,15H,3-4,7,10-12H2,1-2H3. The van der Waals surface area contributed by atoms with Crippen molar-refractivity contribution in [2.24, 2.45) is 0 Å². The number of sulfone groups is 1. The first kappa shape index (κ1) is 16.0. The van der Waals surface area contributed by atoms with E-state index >= 15 is 0 Å². The number of hydrogen-bond donors (Lipinski definition) is 1. The molecule has 0 unspecified atom stereocenters. The van der Waals surface area contributed by atoms with E-state index in [4.69, 9.17) is 4.74 Å². The first-order valence-electron chi connectivity index (χ1n) is 6.75. The van der Waals surface area contributed by atoms with E-state index in [1.807, 2.05) is 26.0 Å². The molecule has 0 aliphatic rings. The maximum atomic E-state index is 12.1. The average Bonchev–Trinajstić information content (AvgIpc) is 2.39. The first-order chi connectivity index (χ1) is 9.11. The number of para-hydroxylation sites is 1. The molecule has 19 heavy (non-hydrogen) atoms. The highest BCUT2D eigenvalue weighted by molar-refractivity contribution is 7.91. The van der Waals surface area contributed by atoms with Crippen LogP contribution in [0.3, 0.4) is 0 Å². The lowest BCUT2D eigenvalue weighted by Gasteiger charge is -2.12. The molecule has 1 aromatic rings. The molecule has 0 bridgehead atoms. The Balaban J connectivity index is 2.68. The summed E-state index contributed by atoms with van der Waals surface area (Å²) in [4.78, 5) is 0.397. The molecule has 0 fully saturated rings. The number of anilines is 1. The summed E-state index contributed by atoms with van der Waals surface area (Å²) in [6.07, 6.45) is 1.48. The van der Waals surface area contributed by atoms with Gasteiger partial charge in [-0.3, -0.25) is 0 Å². The van der Waals surface area contributed by atoms with Crippen LogP contribution in [0.2, 0.25) is 0 Å². The molecule has 0 aromatic heterocycles. The van der Waals surface area contributed by atoms with Gasteiger partial charge >= 0.3 is 0 Å². The summed E-state index contributed by atoms with van der Waals surface area (Å²) < 4.78 is 29.5. The van der Waals surface area contributed by atoms with E-state index in [2.05, 4.69) is 5.32 Å². The number of nitrogens with one attached hydrogen (secondary N) is 1. The van der Waals surface area contributed by atoms with Gasteiger partial charge in [0.25, 0.3) is 0 Å². The first-order valence-corrected chi connectivity index (χ1v) is 8.40. The quantitative estimate of drug-likeness (QED) is 0.709. The highest BCUT2D eigenvalue weighted by atomic mass is 32.2. The van der Waals surface area contributed by atoms with Crippen molar-refractivity contribution in [3.8, 4) is 0 Å². The van der Waals surface area contributed by atoms with Crippen LogP contribution in [0.4, 0.5) is 5.69 Å². The maximum absolute atomic E-state index is 12.1. The van der Waals surface area contributed by atoms with Crippen LogP contribution in [0.5, 0.6) is 0 Å². The summed E-state index contributed by atoms with van der Waals surface area (Å²) in [6.45, 7) is 5.93. The Morgan fingerprint density at radius 2 is 1.95 bits per heavy atom. The molecule has 5 heteroatoms. The third kappa shape index (κ3) is 5.20. The zero-order valence-electron chi connectivity index (χ0n) is 11.7. The molecule has 0 radical (unpaired) electrons. The van der Waals surface area contributed by atoms with Crippen molar-refractivity contribution in [2.45, 2.75) is 31.6 Å². The Hall–Kier alpha value is -1.07. The summed E-state index contributed by atoms with van der Waals surface area (Å²) >= 11 is 0. The molecule has 1 aromatic carbocycles. The Morgan fingerprint density at radius 3 is 2.63 bits per heavy atom. The lowest BCUT2D eigenvalue weighted by molar-refractivity contribution is 0.147. The van der Waals surface area contributed by atoms with Crippen LogP contribution in [0, 0.1) is 0 Å². The Labute approximate surface area is 116 Å². The highest BCUT2D eigenvalue weighted by Gasteiger charge is 2.16. The molecule has 0 saturated carbocycles. The van der Waals surface area contributed by atoms with Crippen molar-refractivity contribution in [2.75, 3.05) is 30.8 Å². The van der Waals surface area contributed by atoms with Gasteiger partial charge in [0, 0.05) is 19.8 Å². The summed E-state index contributed by atoms with van der Waals surface area (Å²) in [5, 5.41) is 3.18. The molecule has 0 spiro atoms. The molecule has 0 aliphatic heterocycles. The molecule has 0 saturated heterocycles. The zero-order valence-corrected chi connectivity index (χ0v) is 12.5. The van der Waals surface area contributed by atoms with Gasteiger partial charge in [0.15, 0.2) is 9.84 Å². The van der Waals surface area contributed by atoms with Crippen LogP contribution in [-0.4, -0.2) is 33.9 Å². The van der Waals surface area contributed by atoms with Crippen molar-refractivity contribution in [1.29, 1.82) is 0 Å². The maximum Gasteiger partial charge on any atom is 0.180 e. The highest BCUT2D eigenvalue weighted by Crippen LogP contribution is 2.22. The van der Waals surface area contributed by atoms with E-state index in [1.54, 1.807) is 12.1 Å². The zero-order chi connectivity index (χ0) is 14.1. The summed E-state index contributed by atoms with van der Waals surface area (Å²) in [6, 6.07) is 7.07. The van der Waals surface area contributed by atoms with Crippen LogP contribution >= 0.6 is 0 Å². The van der Waals surface area contributed by atoms with Gasteiger partial charge in [-0.15, -0.1) is 0 Å². The van der Waals surface area contributed by atoms with Gasteiger partial charge in [0.2, 0.25) is 0 Å². The van der Waals surface area contributed by atoms with Crippen LogP contribution in [0.1, 0.15) is 26.7 Å². The second-order valence-corrected chi connectivity index (χ2v) is 6.37. The summed E-state index contributed by atoms with van der Waals surface area (Å²) in [5.41, 5.74) is 0.687. The molecular weight excluding hydrogens is 262 g/mol. The monoisotopic (exact) mass is 285 g/mol. The van der Waals surface area contributed by atoms with Gasteiger partial charge in [-0.05, 0) is 31.9 Å². The molecular formula is C14H23NO3S. The normalized spacial score (nSPS) is 11.5. The smallest absolute Gasteiger partial charge is 0.180 e. The van der Waals surface area contributed by atoms with Crippen LogP contribution < -0.4 is 5.32 Å². The Bertz CT molecular complexity index is 471. The predicted molar refractivity (Wildman–Crippen MR) is 78.4 cm³/mol. The van der Waals surface area contributed by atoms with Crippen molar-refractivity contribution in [3.05, 3.63) is 24.3 Å². The van der Waals surface area contributed by atoms with E-state index < -0.39 is 9.84 Å². The van der Waals surface area contributed by atoms with Crippen LogP contribution in [-0.2, 0) is 14.6 Å². The molecule has 0 atom stereocenters. The topological polar surface area (TPSA) is 55.4 Å². The molecule has 0 aliphatic carbocycles. The molecule has 1 N–H and O–H groups in total. The van der Waals surface area contributed by atoms with E-state index in [0.717, 1.165) is 6.42 Å². The van der Waals surface area contributed by atoms with Gasteiger partial charge in [0.05, 0.1) is 16.3 Å². The Kier molecular flexibility index (Phi) is 6.87. The molecule has 1 rings (SSSR count).